The van der Waals surface area contributed by atoms with E-state index in [-0.39, 0.29) is 4.90 Å². The smallest absolute Gasteiger partial charge is 0.334 e. The minimum absolute atomic E-state index is 0.0434. The molecule has 1 aliphatic rings. The second-order valence-corrected chi connectivity index (χ2v) is 9.74. The van der Waals surface area contributed by atoms with Crippen molar-refractivity contribution < 1.29 is 22.7 Å². The van der Waals surface area contributed by atoms with E-state index in [1.165, 1.54) is 17.0 Å². The molecule has 0 saturated carbocycles. The van der Waals surface area contributed by atoms with E-state index in [0.29, 0.717) is 48.5 Å². The van der Waals surface area contributed by atoms with Gasteiger partial charge in [-0.2, -0.15) is 0 Å². The number of piperazine rings is 1. The molecule has 0 unspecified atom stereocenters. The van der Waals surface area contributed by atoms with Crippen LogP contribution in [0.2, 0.25) is 0 Å². The maximum Gasteiger partial charge on any atom is 0.334 e. The molecule has 9 nitrogen and oxygen atoms in total. The Hall–Kier alpha value is -3.11. The number of hydrogen-bond acceptors (Lipinski definition) is 6. The van der Waals surface area contributed by atoms with Crippen molar-refractivity contribution >= 4 is 27.6 Å². The van der Waals surface area contributed by atoms with Crippen molar-refractivity contribution in [2.75, 3.05) is 51.7 Å². The zero-order valence-electron chi connectivity index (χ0n) is 19.2. The Bertz CT molecular complexity index is 1080. The largest absolute Gasteiger partial charge is 0.492 e. The quantitative estimate of drug-likeness (QED) is 0.662. The second-order valence-electron chi connectivity index (χ2n) is 7.87. The number of ether oxygens (including phenoxy) is 1. The number of para-hydroxylation sites is 2. The summed E-state index contributed by atoms with van der Waals surface area (Å²) in [5, 5.41) is 2.67. The summed E-state index contributed by atoms with van der Waals surface area (Å²) in [6.07, 6.45) is 0. The van der Waals surface area contributed by atoms with E-state index in [4.69, 9.17) is 4.74 Å². The molecule has 0 atom stereocenters. The number of sulfonamides is 1. The molecular weight excluding hydrogens is 444 g/mol. The number of likely N-dealkylation sites (N-methyl/N-ethyl adjacent to an activating group) is 1. The SMILES string of the molecule is CCOc1ccccc1NC(=O)CN(C(=O)N1CCN(C)CC1)S(=O)(=O)c1ccc(C)cc1. The molecule has 0 radical (unpaired) electrons. The summed E-state index contributed by atoms with van der Waals surface area (Å²) in [5.74, 6) is -0.174. The molecule has 1 N–H and O–H groups in total. The van der Waals surface area contributed by atoms with Gasteiger partial charge in [0.25, 0.3) is 10.0 Å². The Morgan fingerprint density at radius 3 is 2.30 bits per heavy atom. The van der Waals surface area contributed by atoms with Crippen LogP contribution in [0.4, 0.5) is 10.5 Å². The molecule has 1 fully saturated rings. The lowest BCUT2D eigenvalue weighted by Gasteiger charge is -2.35. The number of carbonyl (C=O) groups is 2. The fourth-order valence-corrected chi connectivity index (χ4v) is 4.76. The van der Waals surface area contributed by atoms with Crippen LogP contribution in [0.5, 0.6) is 5.75 Å². The summed E-state index contributed by atoms with van der Waals surface area (Å²) in [6.45, 7) is 5.42. The summed E-state index contributed by atoms with van der Waals surface area (Å²) < 4.78 is 33.0. The van der Waals surface area contributed by atoms with Crippen LogP contribution in [0.3, 0.4) is 0 Å². The van der Waals surface area contributed by atoms with Gasteiger partial charge < -0.3 is 19.9 Å². The molecule has 2 aromatic carbocycles. The molecule has 33 heavy (non-hydrogen) atoms. The van der Waals surface area contributed by atoms with Crippen LogP contribution in [-0.4, -0.2) is 80.8 Å². The minimum atomic E-state index is -4.25. The second kappa shape index (κ2) is 10.7. The van der Waals surface area contributed by atoms with Gasteiger partial charge >= 0.3 is 6.03 Å². The molecule has 0 spiro atoms. The molecule has 0 aromatic heterocycles. The van der Waals surface area contributed by atoms with Crippen molar-refractivity contribution in [1.82, 2.24) is 14.1 Å². The average molecular weight is 475 g/mol. The highest BCUT2D eigenvalue weighted by Gasteiger charge is 2.35. The van der Waals surface area contributed by atoms with Crippen LogP contribution in [0, 0.1) is 6.92 Å². The van der Waals surface area contributed by atoms with Gasteiger partial charge in [-0.1, -0.05) is 29.8 Å². The van der Waals surface area contributed by atoms with Gasteiger partial charge in [-0.05, 0) is 45.2 Å². The van der Waals surface area contributed by atoms with E-state index in [0.717, 1.165) is 5.56 Å². The normalized spacial score (nSPS) is 14.6. The molecular formula is C23H30N4O5S. The van der Waals surface area contributed by atoms with Crippen molar-refractivity contribution in [3.63, 3.8) is 0 Å². The molecule has 178 valence electrons. The molecule has 2 aromatic rings. The number of rotatable bonds is 7. The van der Waals surface area contributed by atoms with Crippen LogP contribution in [-0.2, 0) is 14.8 Å². The van der Waals surface area contributed by atoms with Gasteiger partial charge in [-0.3, -0.25) is 4.79 Å². The number of nitrogens with zero attached hydrogens (tertiary/aromatic N) is 3. The summed E-state index contributed by atoms with van der Waals surface area (Å²) in [4.78, 5) is 29.7. The van der Waals surface area contributed by atoms with Gasteiger partial charge in [0.15, 0.2) is 0 Å². The molecule has 0 aliphatic carbocycles. The molecule has 0 bridgehead atoms. The van der Waals surface area contributed by atoms with Crippen molar-refractivity contribution in [3.8, 4) is 5.75 Å². The molecule has 1 heterocycles. The molecule has 3 rings (SSSR count). The zero-order valence-corrected chi connectivity index (χ0v) is 20.0. The van der Waals surface area contributed by atoms with Crippen molar-refractivity contribution in [2.45, 2.75) is 18.7 Å². The highest BCUT2D eigenvalue weighted by atomic mass is 32.2. The first-order valence-corrected chi connectivity index (χ1v) is 12.2. The number of benzene rings is 2. The van der Waals surface area contributed by atoms with Crippen LogP contribution in [0.1, 0.15) is 12.5 Å². The number of anilines is 1. The van der Waals surface area contributed by atoms with Crippen LogP contribution < -0.4 is 10.1 Å². The topological polar surface area (TPSA) is 99.3 Å². The summed E-state index contributed by atoms with van der Waals surface area (Å²) in [6, 6.07) is 12.3. The highest BCUT2D eigenvalue weighted by molar-refractivity contribution is 7.89. The van der Waals surface area contributed by atoms with Crippen molar-refractivity contribution in [3.05, 3.63) is 54.1 Å². The molecule has 1 aliphatic heterocycles. The average Bonchev–Trinajstić information content (AvgIpc) is 2.79. The standard InChI is InChI=1S/C23H30N4O5S/c1-4-32-21-8-6-5-7-20(21)24-22(28)17-27(23(29)26-15-13-25(3)14-16-26)33(30,31)19-11-9-18(2)10-12-19/h5-12H,4,13-17H2,1-3H3,(H,24,28). The first kappa shape index (κ1) is 24.5. The lowest BCUT2D eigenvalue weighted by molar-refractivity contribution is -0.116. The van der Waals surface area contributed by atoms with Crippen LogP contribution >= 0.6 is 0 Å². The van der Waals surface area contributed by atoms with Gasteiger partial charge in [-0.15, -0.1) is 0 Å². The Labute approximate surface area is 195 Å². The third-order valence-corrected chi connectivity index (χ3v) is 7.08. The van der Waals surface area contributed by atoms with Gasteiger partial charge in [0.2, 0.25) is 5.91 Å². The summed E-state index contributed by atoms with van der Waals surface area (Å²) in [5.41, 5.74) is 1.29. The fraction of sp³-hybridized carbons (Fsp3) is 0.391. The van der Waals surface area contributed by atoms with Gasteiger partial charge in [0, 0.05) is 26.2 Å². The lowest BCUT2D eigenvalue weighted by atomic mass is 10.2. The molecule has 10 heteroatoms. The lowest BCUT2D eigenvalue weighted by Crippen LogP contribution is -2.54. The number of carbonyl (C=O) groups excluding carboxylic acids is 2. The number of aryl methyl sites for hydroxylation is 1. The molecule has 3 amide bonds. The summed E-state index contributed by atoms with van der Waals surface area (Å²) in [7, 11) is -2.31. The van der Waals surface area contributed by atoms with Crippen LogP contribution in [0.25, 0.3) is 0 Å². The van der Waals surface area contributed by atoms with E-state index in [1.54, 1.807) is 36.4 Å². The number of nitrogens with one attached hydrogen (secondary N) is 1. The van der Waals surface area contributed by atoms with E-state index in [9.17, 15) is 18.0 Å². The number of urea groups is 1. The first-order chi connectivity index (χ1) is 15.7. The van der Waals surface area contributed by atoms with Gasteiger partial charge in [-0.25, -0.2) is 17.5 Å². The fourth-order valence-electron chi connectivity index (χ4n) is 3.42. The first-order valence-electron chi connectivity index (χ1n) is 10.8. The van der Waals surface area contributed by atoms with Gasteiger partial charge in [0.1, 0.15) is 12.3 Å². The number of amides is 3. The third kappa shape index (κ3) is 6.02. The Kier molecular flexibility index (Phi) is 7.93. The predicted molar refractivity (Wildman–Crippen MR) is 126 cm³/mol. The van der Waals surface area contributed by atoms with Crippen LogP contribution in [0.15, 0.2) is 53.4 Å². The summed E-state index contributed by atoms with van der Waals surface area (Å²) >= 11 is 0. The minimum Gasteiger partial charge on any atom is -0.492 e. The van der Waals surface area contributed by atoms with Crippen molar-refractivity contribution in [2.24, 2.45) is 0 Å². The maximum atomic E-state index is 13.4. The Balaban J connectivity index is 1.87. The Morgan fingerprint density at radius 2 is 1.67 bits per heavy atom. The van der Waals surface area contributed by atoms with E-state index >= 15 is 0 Å². The third-order valence-electron chi connectivity index (χ3n) is 5.34. The number of hydrogen-bond donors (Lipinski definition) is 1. The highest BCUT2D eigenvalue weighted by Crippen LogP contribution is 2.24. The maximum absolute atomic E-state index is 13.4. The molecule has 1 saturated heterocycles. The van der Waals surface area contributed by atoms with Gasteiger partial charge in [0.05, 0.1) is 17.2 Å². The monoisotopic (exact) mass is 474 g/mol. The van der Waals surface area contributed by atoms with Crippen molar-refractivity contribution in [1.29, 1.82) is 0 Å². The predicted octanol–water partition coefficient (Wildman–Crippen LogP) is 2.39. The van der Waals surface area contributed by atoms with E-state index < -0.39 is 28.5 Å². The van der Waals surface area contributed by atoms with E-state index in [1.807, 2.05) is 20.9 Å². The van der Waals surface area contributed by atoms with E-state index in [2.05, 4.69) is 10.2 Å². The Morgan fingerprint density at radius 1 is 1.03 bits per heavy atom. The zero-order chi connectivity index (χ0) is 24.0.